The average Bonchev–Trinajstić information content (AvgIpc) is 3.22. The number of hydrogen-bond acceptors (Lipinski definition) is 2. The SMILES string of the molecule is O=[N+]([O-])c1ccc(C[n+]2cc(-c3ccc(Cl)c(Cl)c3)n3c2CCC3)cc1. The average molecular weight is 389 g/mol. The summed E-state index contributed by atoms with van der Waals surface area (Å²) >= 11 is 12.2. The number of non-ortho nitro benzene ring substituents is 1. The van der Waals surface area contributed by atoms with Crippen LogP contribution in [0.2, 0.25) is 10.0 Å². The summed E-state index contributed by atoms with van der Waals surface area (Å²) in [7, 11) is 0. The summed E-state index contributed by atoms with van der Waals surface area (Å²) in [6, 6.07) is 12.4. The molecule has 0 N–H and O–H groups in total. The van der Waals surface area contributed by atoms with E-state index in [9.17, 15) is 10.1 Å². The van der Waals surface area contributed by atoms with Crippen LogP contribution < -0.4 is 4.57 Å². The zero-order valence-electron chi connectivity index (χ0n) is 13.9. The van der Waals surface area contributed by atoms with E-state index in [0.717, 1.165) is 36.2 Å². The van der Waals surface area contributed by atoms with Crippen molar-refractivity contribution in [2.45, 2.75) is 25.9 Å². The van der Waals surface area contributed by atoms with Gasteiger partial charge >= 0.3 is 0 Å². The molecule has 4 rings (SSSR count). The Labute approximate surface area is 160 Å². The maximum atomic E-state index is 10.8. The molecule has 0 unspecified atom stereocenters. The Morgan fingerprint density at radius 3 is 2.58 bits per heavy atom. The Bertz CT molecular complexity index is 997. The monoisotopic (exact) mass is 388 g/mol. The number of nitro benzene ring substituents is 1. The van der Waals surface area contributed by atoms with Gasteiger partial charge in [-0.25, -0.2) is 9.13 Å². The molecule has 0 amide bonds. The molecule has 3 aromatic rings. The van der Waals surface area contributed by atoms with Gasteiger partial charge in [0.05, 0.1) is 27.9 Å². The molecule has 0 aliphatic carbocycles. The van der Waals surface area contributed by atoms with Crippen LogP contribution in [0.4, 0.5) is 5.69 Å². The van der Waals surface area contributed by atoms with Gasteiger partial charge in [-0.15, -0.1) is 0 Å². The highest BCUT2D eigenvalue weighted by molar-refractivity contribution is 6.42. The summed E-state index contributed by atoms with van der Waals surface area (Å²) in [6.45, 7) is 1.65. The summed E-state index contributed by atoms with van der Waals surface area (Å²) in [4.78, 5) is 10.4. The van der Waals surface area contributed by atoms with E-state index in [1.807, 2.05) is 30.3 Å². The molecule has 7 heteroatoms. The minimum absolute atomic E-state index is 0.109. The summed E-state index contributed by atoms with van der Waals surface area (Å²) in [5.74, 6) is 1.25. The fourth-order valence-electron chi connectivity index (χ4n) is 3.45. The molecule has 0 bridgehead atoms. The second-order valence-electron chi connectivity index (χ2n) is 6.37. The van der Waals surface area contributed by atoms with Crippen molar-refractivity contribution in [1.82, 2.24) is 4.57 Å². The first-order valence-corrected chi connectivity index (χ1v) is 9.09. The lowest BCUT2D eigenvalue weighted by molar-refractivity contribution is -0.694. The van der Waals surface area contributed by atoms with Gasteiger partial charge in [0.25, 0.3) is 11.5 Å². The first-order chi connectivity index (χ1) is 12.5. The van der Waals surface area contributed by atoms with Gasteiger partial charge in [-0.1, -0.05) is 23.2 Å². The van der Waals surface area contributed by atoms with Gasteiger partial charge in [0.15, 0.2) is 5.69 Å². The van der Waals surface area contributed by atoms with Gasteiger partial charge in [-0.05, 0) is 42.3 Å². The van der Waals surface area contributed by atoms with E-state index < -0.39 is 0 Å². The molecule has 2 aromatic carbocycles. The fraction of sp³-hybridized carbons (Fsp3) is 0.211. The number of aromatic nitrogens is 2. The van der Waals surface area contributed by atoms with E-state index in [1.54, 1.807) is 12.1 Å². The summed E-state index contributed by atoms with van der Waals surface area (Å²) in [5.41, 5.74) is 3.28. The van der Waals surface area contributed by atoms with E-state index in [2.05, 4.69) is 15.3 Å². The lowest BCUT2D eigenvalue weighted by Gasteiger charge is -2.01. The Kier molecular flexibility index (Phi) is 4.42. The quantitative estimate of drug-likeness (QED) is 0.371. The Balaban J connectivity index is 1.69. The lowest BCUT2D eigenvalue weighted by Crippen LogP contribution is -2.36. The van der Waals surface area contributed by atoms with Gasteiger partial charge in [-0.3, -0.25) is 10.1 Å². The molecular formula is C19H16Cl2N3O2+. The summed E-state index contributed by atoms with van der Waals surface area (Å²) in [5, 5.41) is 11.9. The Hall–Kier alpha value is -2.37. The molecule has 0 fully saturated rings. The Morgan fingerprint density at radius 2 is 1.88 bits per heavy atom. The van der Waals surface area contributed by atoms with Crippen LogP contribution in [0, 0.1) is 10.1 Å². The number of imidazole rings is 1. The van der Waals surface area contributed by atoms with Gasteiger partial charge in [0.2, 0.25) is 0 Å². The third-order valence-corrected chi connectivity index (χ3v) is 5.45. The number of hydrogen-bond donors (Lipinski definition) is 0. The molecule has 132 valence electrons. The molecule has 0 saturated heterocycles. The second-order valence-corrected chi connectivity index (χ2v) is 7.18. The third kappa shape index (κ3) is 3.08. The van der Waals surface area contributed by atoms with Crippen LogP contribution in [0.5, 0.6) is 0 Å². The Morgan fingerprint density at radius 1 is 1.12 bits per heavy atom. The molecule has 0 atom stereocenters. The molecule has 0 spiro atoms. The van der Waals surface area contributed by atoms with Gasteiger partial charge in [0.1, 0.15) is 12.7 Å². The predicted molar refractivity (Wildman–Crippen MR) is 101 cm³/mol. The smallest absolute Gasteiger partial charge is 0.258 e. The number of halogens is 2. The maximum absolute atomic E-state index is 10.8. The topological polar surface area (TPSA) is 52.0 Å². The van der Waals surface area contributed by atoms with Crippen LogP contribution in [0.3, 0.4) is 0 Å². The largest absolute Gasteiger partial charge is 0.269 e. The summed E-state index contributed by atoms with van der Waals surface area (Å²) in [6.07, 6.45) is 4.23. The van der Waals surface area contributed by atoms with Crippen molar-refractivity contribution in [1.29, 1.82) is 0 Å². The molecule has 1 aliphatic heterocycles. The summed E-state index contributed by atoms with van der Waals surface area (Å²) < 4.78 is 4.52. The highest BCUT2D eigenvalue weighted by atomic mass is 35.5. The maximum Gasteiger partial charge on any atom is 0.269 e. The van der Waals surface area contributed by atoms with Crippen LogP contribution in [0.25, 0.3) is 11.3 Å². The molecule has 1 aromatic heterocycles. The second kappa shape index (κ2) is 6.74. The van der Waals surface area contributed by atoms with Crippen molar-refractivity contribution in [3.05, 3.63) is 80.2 Å². The van der Waals surface area contributed by atoms with Gasteiger partial charge < -0.3 is 0 Å². The predicted octanol–water partition coefficient (Wildman–Crippen LogP) is 4.65. The standard InChI is InChI=1S/C19H16Cl2N3O2/c20-16-8-5-14(10-17(16)21)18-12-22(19-2-1-9-23(18)19)11-13-3-6-15(7-4-13)24(25)26/h3-8,10,12H,1-2,9,11H2/q+1. The van der Waals surface area contributed by atoms with Crippen molar-refractivity contribution in [2.24, 2.45) is 0 Å². The van der Waals surface area contributed by atoms with E-state index >= 15 is 0 Å². The number of rotatable bonds is 4. The number of nitro groups is 1. The van der Waals surface area contributed by atoms with Crippen molar-refractivity contribution in [3.8, 4) is 11.3 Å². The first kappa shape index (κ1) is 17.1. The number of nitrogens with zero attached hydrogens (tertiary/aromatic N) is 3. The van der Waals surface area contributed by atoms with Crippen molar-refractivity contribution in [2.75, 3.05) is 0 Å². The fourth-order valence-corrected chi connectivity index (χ4v) is 3.75. The highest BCUT2D eigenvalue weighted by Crippen LogP contribution is 2.30. The van der Waals surface area contributed by atoms with Crippen LogP contribution in [-0.4, -0.2) is 9.49 Å². The van der Waals surface area contributed by atoms with Crippen LogP contribution in [-0.2, 0) is 19.5 Å². The van der Waals surface area contributed by atoms with E-state index in [0.29, 0.717) is 16.6 Å². The van der Waals surface area contributed by atoms with Crippen molar-refractivity contribution < 1.29 is 9.49 Å². The van der Waals surface area contributed by atoms with Gasteiger partial charge in [-0.2, -0.15) is 0 Å². The van der Waals surface area contributed by atoms with Crippen LogP contribution >= 0.6 is 23.2 Å². The zero-order chi connectivity index (χ0) is 18.3. The molecular weight excluding hydrogens is 373 g/mol. The number of benzene rings is 2. The third-order valence-electron chi connectivity index (χ3n) is 4.71. The van der Waals surface area contributed by atoms with Crippen molar-refractivity contribution in [3.63, 3.8) is 0 Å². The van der Waals surface area contributed by atoms with Crippen LogP contribution in [0.1, 0.15) is 17.8 Å². The van der Waals surface area contributed by atoms with Crippen molar-refractivity contribution >= 4 is 28.9 Å². The molecule has 1 aliphatic rings. The normalized spacial score (nSPS) is 13.0. The van der Waals surface area contributed by atoms with E-state index in [1.165, 1.54) is 5.82 Å². The molecule has 5 nitrogen and oxygen atoms in total. The minimum atomic E-state index is -0.380. The highest BCUT2D eigenvalue weighted by Gasteiger charge is 2.29. The lowest BCUT2D eigenvalue weighted by atomic mass is 10.1. The molecule has 0 radical (unpaired) electrons. The molecule has 0 saturated carbocycles. The molecule has 2 heterocycles. The number of fused-ring (bicyclic) bond motifs is 1. The van der Waals surface area contributed by atoms with Crippen LogP contribution in [0.15, 0.2) is 48.7 Å². The minimum Gasteiger partial charge on any atom is -0.258 e. The van der Waals surface area contributed by atoms with E-state index in [-0.39, 0.29) is 10.6 Å². The first-order valence-electron chi connectivity index (χ1n) is 8.33. The zero-order valence-corrected chi connectivity index (χ0v) is 15.4. The van der Waals surface area contributed by atoms with Gasteiger partial charge in [0, 0.05) is 17.7 Å². The van der Waals surface area contributed by atoms with E-state index in [4.69, 9.17) is 23.2 Å². The molecule has 26 heavy (non-hydrogen) atoms.